The minimum Gasteiger partial charge on any atom is -0.356 e. The molecule has 5 heteroatoms. The number of anilines is 1. The number of nitrogens with one attached hydrogen (secondary N) is 2. The smallest absolute Gasteiger partial charge is 0.227 e. The van der Waals surface area contributed by atoms with Crippen LogP contribution >= 0.6 is 0 Å². The van der Waals surface area contributed by atoms with Crippen LogP contribution in [0.4, 0.5) is 10.1 Å². The van der Waals surface area contributed by atoms with Crippen molar-refractivity contribution in [3.63, 3.8) is 0 Å². The zero-order valence-corrected chi connectivity index (χ0v) is 12.9. The van der Waals surface area contributed by atoms with E-state index >= 15 is 0 Å². The average Bonchev–Trinajstić information content (AvgIpc) is 2.55. The van der Waals surface area contributed by atoms with E-state index in [9.17, 15) is 14.0 Å². The number of halogens is 1. The van der Waals surface area contributed by atoms with Crippen LogP contribution < -0.4 is 10.6 Å². The molecule has 2 rings (SSSR count). The van der Waals surface area contributed by atoms with E-state index in [4.69, 9.17) is 0 Å². The molecule has 0 heterocycles. The highest BCUT2D eigenvalue weighted by atomic mass is 19.1. The molecule has 0 atom stereocenters. The summed E-state index contributed by atoms with van der Waals surface area (Å²) in [5, 5.41) is 5.55. The topological polar surface area (TPSA) is 58.2 Å². The van der Waals surface area contributed by atoms with Gasteiger partial charge in [0.25, 0.3) is 0 Å². The van der Waals surface area contributed by atoms with Gasteiger partial charge in [-0.1, -0.05) is 19.1 Å². The Hall–Kier alpha value is -1.91. The molecule has 120 valence electrons. The highest BCUT2D eigenvalue weighted by molar-refractivity contribution is 5.92. The first-order chi connectivity index (χ1) is 10.6. The number of para-hydroxylation sites is 1. The Bertz CT molecular complexity index is 525. The summed E-state index contributed by atoms with van der Waals surface area (Å²) in [6.07, 6.45) is 3.69. The Kier molecular flexibility index (Phi) is 5.92. The molecule has 0 spiro atoms. The van der Waals surface area contributed by atoms with Crippen molar-refractivity contribution in [1.82, 2.24) is 5.32 Å². The second-order valence-corrected chi connectivity index (χ2v) is 5.81. The molecule has 0 unspecified atom stereocenters. The number of carbonyl (C=O) groups excluding carboxylic acids is 2. The highest BCUT2D eigenvalue weighted by Crippen LogP contribution is 2.30. The van der Waals surface area contributed by atoms with E-state index in [2.05, 4.69) is 10.6 Å². The quantitative estimate of drug-likeness (QED) is 0.878. The van der Waals surface area contributed by atoms with E-state index in [0.717, 1.165) is 6.42 Å². The molecule has 1 fully saturated rings. The van der Waals surface area contributed by atoms with E-state index in [1.807, 2.05) is 6.92 Å². The molecular formula is C17H23FN2O2. The van der Waals surface area contributed by atoms with Crippen molar-refractivity contribution in [3.8, 4) is 0 Å². The van der Waals surface area contributed by atoms with E-state index in [1.54, 1.807) is 18.2 Å². The maximum Gasteiger partial charge on any atom is 0.227 e. The van der Waals surface area contributed by atoms with Gasteiger partial charge in [0.05, 0.1) is 5.69 Å². The van der Waals surface area contributed by atoms with Gasteiger partial charge in [0, 0.05) is 18.4 Å². The van der Waals surface area contributed by atoms with Crippen molar-refractivity contribution in [1.29, 1.82) is 0 Å². The number of amides is 2. The molecule has 1 saturated carbocycles. The van der Waals surface area contributed by atoms with Crippen LogP contribution in [-0.2, 0) is 9.59 Å². The van der Waals surface area contributed by atoms with Crippen molar-refractivity contribution in [3.05, 3.63) is 30.1 Å². The summed E-state index contributed by atoms with van der Waals surface area (Å²) in [6, 6.07) is 6.15. The molecule has 4 nitrogen and oxygen atoms in total. The molecule has 1 aliphatic rings. The Morgan fingerprint density at radius 2 is 1.68 bits per heavy atom. The first-order valence-electron chi connectivity index (χ1n) is 7.95. The number of rotatable bonds is 5. The van der Waals surface area contributed by atoms with Crippen molar-refractivity contribution >= 4 is 17.5 Å². The van der Waals surface area contributed by atoms with Gasteiger partial charge in [-0.2, -0.15) is 0 Å². The first-order valence-corrected chi connectivity index (χ1v) is 7.95. The van der Waals surface area contributed by atoms with Crippen LogP contribution in [0.1, 0.15) is 39.0 Å². The van der Waals surface area contributed by atoms with Gasteiger partial charge in [-0.05, 0) is 44.2 Å². The van der Waals surface area contributed by atoms with Crippen LogP contribution in [0.15, 0.2) is 24.3 Å². The van der Waals surface area contributed by atoms with Crippen molar-refractivity contribution in [2.75, 3.05) is 11.9 Å². The van der Waals surface area contributed by atoms with Gasteiger partial charge in [0.2, 0.25) is 11.8 Å². The van der Waals surface area contributed by atoms with Crippen LogP contribution in [0.2, 0.25) is 0 Å². The summed E-state index contributed by atoms with van der Waals surface area (Å²) in [5.41, 5.74) is 0.218. The van der Waals surface area contributed by atoms with Crippen LogP contribution in [0.3, 0.4) is 0 Å². The third kappa shape index (κ3) is 4.29. The van der Waals surface area contributed by atoms with E-state index in [-0.39, 0.29) is 29.3 Å². The predicted octanol–water partition coefficient (Wildman–Crippen LogP) is 3.10. The first kappa shape index (κ1) is 16.5. The fourth-order valence-corrected chi connectivity index (χ4v) is 2.81. The normalized spacial score (nSPS) is 21.2. The molecule has 1 aliphatic carbocycles. The number of benzene rings is 1. The maximum atomic E-state index is 13.5. The summed E-state index contributed by atoms with van der Waals surface area (Å²) in [6.45, 7) is 2.72. The van der Waals surface area contributed by atoms with E-state index in [1.165, 1.54) is 6.07 Å². The number of hydrogen-bond acceptors (Lipinski definition) is 2. The maximum absolute atomic E-state index is 13.5. The van der Waals surface area contributed by atoms with Gasteiger partial charge in [-0.15, -0.1) is 0 Å². The summed E-state index contributed by atoms with van der Waals surface area (Å²) in [4.78, 5) is 24.1. The molecule has 2 amide bonds. The van der Waals surface area contributed by atoms with Crippen LogP contribution in [-0.4, -0.2) is 18.4 Å². The molecule has 1 aromatic carbocycles. The third-order valence-electron chi connectivity index (χ3n) is 4.15. The third-order valence-corrected chi connectivity index (χ3v) is 4.15. The van der Waals surface area contributed by atoms with Gasteiger partial charge in [0.15, 0.2) is 0 Å². The predicted molar refractivity (Wildman–Crippen MR) is 83.8 cm³/mol. The SMILES string of the molecule is CCCNC(=O)C1CCC(C(=O)Nc2ccccc2F)CC1. The zero-order chi connectivity index (χ0) is 15.9. The van der Waals surface area contributed by atoms with Crippen molar-refractivity contribution in [2.24, 2.45) is 11.8 Å². The molecule has 0 radical (unpaired) electrons. The summed E-state index contributed by atoms with van der Waals surface area (Å²) >= 11 is 0. The van der Waals surface area contributed by atoms with Gasteiger partial charge < -0.3 is 10.6 Å². The van der Waals surface area contributed by atoms with Gasteiger partial charge in [-0.25, -0.2) is 4.39 Å². The fourth-order valence-electron chi connectivity index (χ4n) is 2.81. The molecular weight excluding hydrogens is 283 g/mol. The molecule has 22 heavy (non-hydrogen) atoms. The molecule has 2 N–H and O–H groups in total. The fraction of sp³-hybridized carbons (Fsp3) is 0.529. The second-order valence-electron chi connectivity index (χ2n) is 5.81. The Morgan fingerprint density at radius 1 is 1.09 bits per heavy atom. The molecule has 0 saturated heterocycles. The van der Waals surface area contributed by atoms with Gasteiger partial charge in [0.1, 0.15) is 5.82 Å². The Labute approximate surface area is 130 Å². The Morgan fingerprint density at radius 3 is 2.27 bits per heavy atom. The lowest BCUT2D eigenvalue weighted by Gasteiger charge is -2.27. The molecule has 0 aliphatic heterocycles. The van der Waals surface area contributed by atoms with E-state index < -0.39 is 5.82 Å². The minimum atomic E-state index is -0.427. The molecule has 1 aromatic rings. The lowest BCUT2D eigenvalue weighted by molar-refractivity contribution is -0.128. The lowest BCUT2D eigenvalue weighted by atomic mass is 9.81. The zero-order valence-electron chi connectivity index (χ0n) is 12.9. The molecule has 0 bridgehead atoms. The van der Waals surface area contributed by atoms with Crippen LogP contribution in [0.25, 0.3) is 0 Å². The summed E-state index contributed by atoms with van der Waals surface area (Å²) < 4.78 is 13.5. The van der Waals surface area contributed by atoms with Gasteiger partial charge >= 0.3 is 0 Å². The van der Waals surface area contributed by atoms with Crippen molar-refractivity contribution in [2.45, 2.75) is 39.0 Å². The number of carbonyl (C=O) groups is 2. The highest BCUT2D eigenvalue weighted by Gasteiger charge is 2.29. The second kappa shape index (κ2) is 7.92. The monoisotopic (exact) mass is 306 g/mol. The minimum absolute atomic E-state index is 0.00376. The molecule has 0 aromatic heterocycles. The standard InChI is InChI=1S/C17H23FN2O2/c1-2-11-19-16(21)12-7-9-13(10-8-12)17(22)20-15-6-4-3-5-14(15)18/h3-6,12-13H,2,7-11H2,1H3,(H,19,21)(H,20,22). The summed E-state index contributed by atoms with van der Waals surface area (Å²) in [5.74, 6) is -0.630. The van der Waals surface area contributed by atoms with Crippen LogP contribution in [0, 0.1) is 17.7 Å². The van der Waals surface area contributed by atoms with E-state index in [0.29, 0.717) is 32.2 Å². The number of hydrogen-bond donors (Lipinski definition) is 2. The van der Waals surface area contributed by atoms with Gasteiger partial charge in [-0.3, -0.25) is 9.59 Å². The summed E-state index contributed by atoms with van der Waals surface area (Å²) in [7, 11) is 0. The lowest BCUT2D eigenvalue weighted by Crippen LogP contribution is -2.35. The largest absolute Gasteiger partial charge is 0.356 e. The Balaban J connectivity index is 1.82. The van der Waals surface area contributed by atoms with Crippen LogP contribution in [0.5, 0.6) is 0 Å². The van der Waals surface area contributed by atoms with Crippen molar-refractivity contribution < 1.29 is 14.0 Å². The average molecular weight is 306 g/mol.